The fourth-order valence-electron chi connectivity index (χ4n) is 6.30. The summed E-state index contributed by atoms with van der Waals surface area (Å²) >= 11 is 0. The standard InChI is InChI=1S/C24H42O2/c1-4-18-6-13-22(14-7-18)26-24(25)21-11-9-20(10-12-21)23-15-8-19(5-2)16-17(23)3/h17-23H,4-16H2,1-3H3. The second-order valence-electron chi connectivity index (χ2n) is 9.83. The quantitative estimate of drug-likeness (QED) is 0.505. The van der Waals surface area contributed by atoms with Crippen LogP contribution in [0.15, 0.2) is 0 Å². The zero-order chi connectivity index (χ0) is 18.5. The molecule has 0 bridgehead atoms. The van der Waals surface area contributed by atoms with Crippen molar-refractivity contribution in [1.29, 1.82) is 0 Å². The summed E-state index contributed by atoms with van der Waals surface area (Å²) in [5.74, 6) is 4.83. The van der Waals surface area contributed by atoms with Crippen LogP contribution in [0.4, 0.5) is 0 Å². The van der Waals surface area contributed by atoms with Gasteiger partial charge in [-0.25, -0.2) is 0 Å². The van der Waals surface area contributed by atoms with Crippen LogP contribution in [0.3, 0.4) is 0 Å². The minimum Gasteiger partial charge on any atom is -0.462 e. The first-order valence-electron chi connectivity index (χ1n) is 11.8. The summed E-state index contributed by atoms with van der Waals surface area (Å²) in [7, 11) is 0. The average Bonchev–Trinajstić information content (AvgIpc) is 2.68. The van der Waals surface area contributed by atoms with Gasteiger partial charge in [0.25, 0.3) is 0 Å². The molecule has 2 nitrogen and oxygen atoms in total. The first-order valence-corrected chi connectivity index (χ1v) is 11.8. The van der Waals surface area contributed by atoms with Gasteiger partial charge in [0.1, 0.15) is 6.10 Å². The molecule has 2 heteroatoms. The van der Waals surface area contributed by atoms with E-state index in [0.717, 1.165) is 55.3 Å². The SMILES string of the molecule is CCC1CCC(OC(=O)C2CCC(C3CCC(CC)CC3C)CC2)CC1. The van der Waals surface area contributed by atoms with E-state index in [9.17, 15) is 4.79 Å². The summed E-state index contributed by atoms with van der Waals surface area (Å²) in [6, 6.07) is 0. The number of hydrogen-bond donors (Lipinski definition) is 0. The van der Waals surface area contributed by atoms with Gasteiger partial charge in [0.2, 0.25) is 0 Å². The van der Waals surface area contributed by atoms with E-state index < -0.39 is 0 Å². The molecule has 0 aromatic carbocycles. The predicted octanol–water partition coefficient (Wildman–Crippen LogP) is 6.77. The topological polar surface area (TPSA) is 26.3 Å². The fourth-order valence-corrected chi connectivity index (χ4v) is 6.30. The third-order valence-electron chi connectivity index (χ3n) is 8.29. The van der Waals surface area contributed by atoms with E-state index in [-0.39, 0.29) is 18.0 Å². The lowest BCUT2D eigenvalue weighted by Crippen LogP contribution is -2.34. The molecule has 3 rings (SSSR count). The van der Waals surface area contributed by atoms with E-state index in [2.05, 4.69) is 20.8 Å². The van der Waals surface area contributed by atoms with Crippen molar-refractivity contribution in [2.75, 3.05) is 0 Å². The molecular formula is C24H42O2. The van der Waals surface area contributed by atoms with Crippen LogP contribution in [0.25, 0.3) is 0 Å². The Kier molecular flexibility index (Phi) is 7.46. The summed E-state index contributed by atoms with van der Waals surface area (Å²) < 4.78 is 5.92. The maximum atomic E-state index is 12.6. The van der Waals surface area contributed by atoms with Gasteiger partial charge in [0, 0.05) is 0 Å². The van der Waals surface area contributed by atoms with Crippen LogP contribution in [0, 0.1) is 35.5 Å². The Bertz CT molecular complexity index is 429. The smallest absolute Gasteiger partial charge is 0.309 e. The molecule has 3 aliphatic rings. The summed E-state index contributed by atoms with van der Waals surface area (Å²) in [5, 5.41) is 0. The first kappa shape index (κ1) is 20.2. The van der Waals surface area contributed by atoms with Crippen molar-refractivity contribution in [3.8, 4) is 0 Å². The molecule has 0 saturated heterocycles. The fraction of sp³-hybridized carbons (Fsp3) is 0.958. The van der Waals surface area contributed by atoms with Gasteiger partial charge in [-0.1, -0.05) is 40.0 Å². The predicted molar refractivity (Wildman–Crippen MR) is 108 cm³/mol. The minimum atomic E-state index is 0.131. The van der Waals surface area contributed by atoms with E-state index in [1.807, 2.05) is 0 Å². The molecular weight excluding hydrogens is 320 g/mol. The Balaban J connectivity index is 1.40. The molecule has 0 radical (unpaired) electrons. The highest BCUT2D eigenvalue weighted by Gasteiger charge is 2.37. The molecule has 3 fully saturated rings. The molecule has 0 N–H and O–H groups in total. The Morgan fingerprint density at radius 3 is 2.00 bits per heavy atom. The van der Waals surface area contributed by atoms with Crippen LogP contribution in [-0.2, 0) is 9.53 Å². The molecule has 150 valence electrons. The highest BCUT2D eigenvalue weighted by molar-refractivity contribution is 5.72. The maximum Gasteiger partial charge on any atom is 0.309 e. The van der Waals surface area contributed by atoms with Crippen molar-refractivity contribution >= 4 is 5.97 Å². The van der Waals surface area contributed by atoms with E-state index >= 15 is 0 Å². The Labute approximate surface area is 161 Å². The highest BCUT2D eigenvalue weighted by Crippen LogP contribution is 2.45. The molecule has 3 atom stereocenters. The van der Waals surface area contributed by atoms with Crippen molar-refractivity contribution < 1.29 is 9.53 Å². The molecule has 3 unspecified atom stereocenters. The van der Waals surface area contributed by atoms with Crippen LogP contribution < -0.4 is 0 Å². The summed E-state index contributed by atoms with van der Waals surface area (Å²) in [5.41, 5.74) is 0. The van der Waals surface area contributed by atoms with E-state index in [1.54, 1.807) is 0 Å². The Morgan fingerprint density at radius 1 is 0.808 bits per heavy atom. The largest absolute Gasteiger partial charge is 0.462 e. The molecule has 26 heavy (non-hydrogen) atoms. The van der Waals surface area contributed by atoms with Crippen LogP contribution in [-0.4, -0.2) is 12.1 Å². The van der Waals surface area contributed by atoms with Crippen molar-refractivity contribution in [2.24, 2.45) is 35.5 Å². The third kappa shape index (κ3) is 5.04. The molecule has 3 aliphatic carbocycles. The van der Waals surface area contributed by atoms with Gasteiger partial charge in [-0.3, -0.25) is 4.79 Å². The van der Waals surface area contributed by atoms with Gasteiger partial charge in [-0.15, -0.1) is 0 Å². The maximum absolute atomic E-state index is 12.6. The molecule has 0 amide bonds. The van der Waals surface area contributed by atoms with Crippen LogP contribution in [0.2, 0.25) is 0 Å². The Morgan fingerprint density at radius 2 is 1.42 bits per heavy atom. The van der Waals surface area contributed by atoms with Crippen molar-refractivity contribution in [2.45, 2.75) is 110 Å². The normalized spacial score (nSPS) is 41.6. The second-order valence-corrected chi connectivity index (χ2v) is 9.83. The molecule has 0 aromatic rings. The Hall–Kier alpha value is -0.530. The summed E-state index contributed by atoms with van der Waals surface area (Å²) in [6.07, 6.45) is 16.5. The first-order chi connectivity index (χ1) is 12.6. The monoisotopic (exact) mass is 362 g/mol. The van der Waals surface area contributed by atoms with Crippen LogP contribution in [0.5, 0.6) is 0 Å². The highest BCUT2D eigenvalue weighted by atomic mass is 16.5. The van der Waals surface area contributed by atoms with Crippen LogP contribution in [0.1, 0.15) is 104 Å². The lowest BCUT2D eigenvalue weighted by Gasteiger charge is -2.41. The molecule has 0 aliphatic heterocycles. The summed E-state index contributed by atoms with van der Waals surface area (Å²) in [6.45, 7) is 7.12. The summed E-state index contributed by atoms with van der Waals surface area (Å²) in [4.78, 5) is 12.6. The van der Waals surface area contributed by atoms with E-state index in [1.165, 1.54) is 57.8 Å². The number of carbonyl (C=O) groups is 1. The lowest BCUT2D eigenvalue weighted by molar-refractivity contribution is -0.157. The van der Waals surface area contributed by atoms with Gasteiger partial charge in [0.15, 0.2) is 0 Å². The van der Waals surface area contributed by atoms with Crippen molar-refractivity contribution in [3.63, 3.8) is 0 Å². The molecule has 0 heterocycles. The van der Waals surface area contributed by atoms with Crippen molar-refractivity contribution in [1.82, 2.24) is 0 Å². The number of ether oxygens (including phenoxy) is 1. The zero-order valence-electron chi connectivity index (χ0n) is 17.6. The molecule has 0 aromatic heterocycles. The van der Waals surface area contributed by atoms with Gasteiger partial charge in [-0.2, -0.15) is 0 Å². The third-order valence-corrected chi connectivity index (χ3v) is 8.29. The van der Waals surface area contributed by atoms with Gasteiger partial charge in [0.05, 0.1) is 5.92 Å². The van der Waals surface area contributed by atoms with E-state index in [4.69, 9.17) is 4.74 Å². The van der Waals surface area contributed by atoms with Crippen LogP contribution >= 0.6 is 0 Å². The van der Waals surface area contributed by atoms with Gasteiger partial charge >= 0.3 is 5.97 Å². The zero-order valence-corrected chi connectivity index (χ0v) is 17.6. The number of carbonyl (C=O) groups excluding carboxylic acids is 1. The second kappa shape index (κ2) is 9.60. The van der Waals surface area contributed by atoms with Gasteiger partial charge < -0.3 is 4.74 Å². The average molecular weight is 363 g/mol. The lowest BCUT2D eigenvalue weighted by atomic mass is 9.64. The number of esters is 1. The van der Waals surface area contributed by atoms with Gasteiger partial charge in [-0.05, 0) is 93.8 Å². The number of rotatable bonds is 5. The number of hydrogen-bond acceptors (Lipinski definition) is 2. The molecule has 0 spiro atoms. The van der Waals surface area contributed by atoms with Crippen molar-refractivity contribution in [3.05, 3.63) is 0 Å². The minimum absolute atomic E-state index is 0.131. The van der Waals surface area contributed by atoms with E-state index in [0.29, 0.717) is 0 Å². The molecule has 3 saturated carbocycles.